The number of hydrogen-bond donors (Lipinski definition) is 0. The van der Waals surface area contributed by atoms with Crippen molar-refractivity contribution in [2.24, 2.45) is 7.05 Å². The summed E-state index contributed by atoms with van der Waals surface area (Å²) >= 11 is -1.95. The molecule has 3 heterocycles. The second-order valence-corrected chi connectivity index (χ2v) is 21.7. The first-order valence-electron chi connectivity index (χ1n) is 12.2. The van der Waals surface area contributed by atoms with Crippen molar-refractivity contribution in [1.82, 2.24) is 4.40 Å². The molecule has 3 aromatic heterocycles. The van der Waals surface area contributed by atoms with Gasteiger partial charge in [-0.15, -0.1) is 0 Å². The number of aryl methyl sites for hydroxylation is 3. The van der Waals surface area contributed by atoms with Crippen LogP contribution >= 0.6 is 0 Å². The summed E-state index contributed by atoms with van der Waals surface area (Å²) < 4.78 is 6.44. The fourth-order valence-corrected chi connectivity index (χ4v) is 8.58. The van der Waals surface area contributed by atoms with E-state index >= 15 is 0 Å². The van der Waals surface area contributed by atoms with Crippen molar-refractivity contribution in [3.63, 3.8) is 0 Å². The molecule has 0 fully saturated rings. The number of nitrogens with zero attached hydrogens (tertiary/aromatic N) is 2. The van der Waals surface area contributed by atoms with Gasteiger partial charge in [0.05, 0.1) is 0 Å². The fourth-order valence-electron chi connectivity index (χ4n) is 6.12. The van der Waals surface area contributed by atoms with Gasteiger partial charge < -0.3 is 0 Å². The van der Waals surface area contributed by atoms with Gasteiger partial charge in [0, 0.05) is 0 Å². The van der Waals surface area contributed by atoms with Crippen molar-refractivity contribution in [3.8, 4) is 0 Å². The normalized spacial score (nSPS) is 13.0. The average Bonchev–Trinajstić information content (AvgIpc) is 3.13. The van der Waals surface area contributed by atoms with Gasteiger partial charge in [0.1, 0.15) is 0 Å². The summed E-state index contributed by atoms with van der Waals surface area (Å²) in [6.07, 6.45) is 2.25. The Balaban J connectivity index is 1.88. The maximum atomic E-state index is 2.55. The molecule has 0 saturated carbocycles. The van der Waals surface area contributed by atoms with E-state index in [4.69, 9.17) is 0 Å². The van der Waals surface area contributed by atoms with Crippen LogP contribution in [-0.2, 0) is 7.05 Å². The number of aromatic nitrogens is 2. The van der Waals surface area contributed by atoms with Crippen LogP contribution in [0.5, 0.6) is 0 Å². The van der Waals surface area contributed by atoms with Gasteiger partial charge in [-0.2, -0.15) is 0 Å². The topological polar surface area (TPSA) is 8.29 Å². The van der Waals surface area contributed by atoms with Gasteiger partial charge in [0.25, 0.3) is 0 Å². The minimum atomic E-state index is -1.95. The molecule has 0 spiro atoms. The zero-order valence-corrected chi connectivity index (χ0v) is 22.8. The first-order valence-corrected chi connectivity index (χ1v) is 19.5. The van der Waals surface area contributed by atoms with Crippen molar-refractivity contribution in [3.05, 3.63) is 78.0 Å². The van der Waals surface area contributed by atoms with Crippen LogP contribution in [0.4, 0.5) is 0 Å². The van der Waals surface area contributed by atoms with Crippen LogP contribution < -0.4 is 8.96 Å². The third-order valence-electron chi connectivity index (χ3n) is 8.04. The Morgan fingerprint density at radius 2 is 1.53 bits per heavy atom. The van der Waals surface area contributed by atoms with Crippen molar-refractivity contribution >= 4 is 77.4 Å². The van der Waals surface area contributed by atoms with E-state index in [1.807, 2.05) is 0 Å². The Labute approximate surface area is 202 Å². The van der Waals surface area contributed by atoms with Gasteiger partial charge in [-0.25, -0.2) is 0 Å². The van der Waals surface area contributed by atoms with Crippen molar-refractivity contribution in [2.75, 3.05) is 0 Å². The van der Waals surface area contributed by atoms with E-state index in [-0.39, 0.29) is 0 Å². The summed E-state index contributed by atoms with van der Waals surface area (Å²) in [5.74, 6) is 7.44. The summed E-state index contributed by atoms with van der Waals surface area (Å²) in [4.78, 5) is 0. The van der Waals surface area contributed by atoms with Gasteiger partial charge in [0.15, 0.2) is 0 Å². The number of hydrogen-bond acceptors (Lipinski definition) is 0. The van der Waals surface area contributed by atoms with E-state index in [9.17, 15) is 0 Å². The average molecular weight is 502 g/mol. The fraction of sp³-hybridized carbons (Fsp3) is 0.194. The second kappa shape index (κ2) is 6.51. The third kappa shape index (κ3) is 2.44. The monoisotopic (exact) mass is 503 g/mol. The van der Waals surface area contributed by atoms with Crippen LogP contribution in [0.1, 0.15) is 11.1 Å². The molecule has 0 aliphatic rings. The van der Waals surface area contributed by atoms with Gasteiger partial charge in [0.2, 0.25) is 0 Å². The summed E-state index contributed by atoms with van der Waals surface area (Å²) in [7, 11) is 2.20. The molecular formula is C31H29GeN2+. The predicted octanol–water partition coefficient (Wildman–Crippen LogP) is 7.13. The van der Waals surface area contributed by atoms with Gasteiger partial charge in [-0.1, -0.05) is 0 Å². The zero-order chi connectivity index (χ0) is 23.5. The number of fused-ring (bicyclic) bond motifs is 7. The maximum absolute atomic E-state index is 2.55. The summed E-state index contributed by atoms with van der Waals surface area (Å²) in [5, 5.41) is 9.51. The quantitative estimate of drug-likeness (QED) is 0.0978. The van der Waals surface area contributed by atoms with Crippen LogP contribution in [0.3, 0.4) is 0 Å². The van der Waals surface area contributed by atoms with Gasteiger partial charge in [-0.05, 0) is 0 Å². The molecule has 2 nitrogen and oxygen atoms in total. The minimum absolute atomic E-state index is 1.30. The van der Waals surface area contributed by atoms with Crippen LogP contribution in [0, 0.1) is 13.8 Å². The van der Waals surface area contributed by atoms with Crippen LogP contribution in [0.2, 0.25) is 17.3 Å². The van der Waals surface area contributed by atoms with Crippen molar-refractivity contribution < 1.29 is 4.57 Å². The molecule has 0 radical (unpaired) electrons. The Hall–Kier alpha value is -3.11. The Morgan fingerprint density at radius 1 is 0.735 bits per heavy atom. The molecule has 0 saturated heterocycles. The summed E-state index contributed by atoms with van der Waals surface area (Å²) in [6.45, 7) is 4.55. The van der Waals surface area contributed by atoms with Crippen LogP contribution in [0.15, 0.2) is 66.9 Å². The van der Waals surface area contributed by atoms with Gasteiger partial charge >= 0.3 is 203 Å². The zero-order valence-electron chi connectivity index (χ0n) is 20.7. The van der Waals surface area contributed by atoms with E-state index in [0.717, 1.165) is 0 Å². The Bertz CT molecular complexity index is 1970. The molecule has 0 aliphatic heterocycles. The number of pyridine rings is 2. The van der Waals surface area contributed by atoms with Crippen LogP contribution in [-0.4, -0.2) is 17.7 Å². The summed E-state index contributed by atoms with van der Waals surface area (Å²) in [5.41, 5.74) is 8.03. The number of para-hydroxylation sites is 1. The molecule has 4 aromatic carbocycles. The first-order chi connectivity index (χ1) is 16.3. The van der Waals surface area contributed by atoms with Gasteiger partial charge in [-0.3, -0.25) is 0 Å². The van der Waals surface area contributed by atoms with E-state index < -0.39 is 13.3 Å². The SMILES string of the molecule is Cc1cc2c3ccccc3n3c4cc5c[c]([Ge]([CH3])([CH3])[CH3])ccc5c5cc[n+](C)c(c(c1C)c23)c54. The first kappa shape index (κ1) is 20.3. The number of benzene rings is 4. The third-order valence-corrected chi connectivity index (χ3v) is 12.3. The van der Waals surface area contributed by atoms with E-state index in [1.165, 1.54) is 70.9 Å². The molecule has 0 bridgehead atoms. The molecule has 0 aliphatic carbocycles. The summed E-state index contributed by atoms with van der Waals surface area (Å²) in [6, 6.07) is 23.4. The molecule has 7 aromatic rings. The molecule has 0 atom stereocenters. The van der Waals surface area contributed by atoms with Crippen molar-refractivity contribution in [1.29, 1.82) is 0 Å². The van der Waals surface area contributed by atoms with E-state index in [2.05, 4.69) is 114 Å². The Kier molecular flexibility index (Phi) is 3.89. The molecule has 166 valence electrons. The van der Waals surface area contributed by atoms with E-state index in [0.29, 0.717) is 0 Å². The molecule has 0 N–H and O–H groups in total. The van der Waals surface area contributed by atoms with Crippen LogP contribution in [0.25, 0.3) is 59.8 Å². The Morgan fingerprint density at radius 3 is 2.32 bits per heavy atom. The van der Waals surface area contributed by atoms with E-state index in [1.54, 1.807) is 4.40 Å². The molecular weight excluding hydrogens is 473 g/mol. The molecule has 7 rings (SSSR count). The van der Waals surface area contributed by atoms with Crippen molar-refractivity contribution in [2.45, 2.75) is 31.1 Å². The number of rotatable bonds is 1. The second-order valence-electron chi connectivity index (χ2n) is 11.1. The molecule has 34 heavy (non-hydrogen) atoms. The molecule has 3 heteroatoms. The standard InChI is InChI=1S/C31H29GeN2/c1-18-15-25-23-9-7-8-10-26(23)34-27-17-20-16-21(32(3,4)5)11-12-22(20)24-13-14-33(6)31(29(24)27)28(19(18)2)30(25)34/h7-17H,1-6H3/q+1. The molecule has 0 unspecified atom stereocenters. The molecule has 0 amide bonds. The predicted molar refractivity (Wildman–Crippen MR) is 150 cm³/mol.